The Hall–Kier alpha value is -2.70. The van der Waals surface area contributed by atoms with E-state index in [1.165, 1.54) is 0 Å². The first-order chi connectivity index (χ1) is 11.8. The van der Waals surface area contributed by atoms with E-state index in [1.54, 1.807) is 12.1 Å². The molecule has 24 heavy (non-hydrogen) atoms. The monoisotopic (exact) mass is 323 g/mol. The van der Waals surface area contributed by atoms with Crippen LogP contribution in [0.25, 0.3) is 22.3 Å². The summed E-state index contributed by atoms with van der Waals surface area (Å²) < 4.78 is 0. The number of rotatable bonds is 7. The fourth-order valence-electron chi connectivity index (χ4n) is 2.49. The molecule has 124 valence electrons. The number of nitrogens with zero attached hydrogens (tertiary/aromatic N) is 2. The fourth-order valence-corrected chi connectivity index (χ4v) is 2.49. The van der Waals surface area contributed by atoms with Crippen molar-refractivity contribution < 1.29 is 5.11 Å². The molecule has 0 saturated heterocycles. The molecule has 1 heterocycles. The van der Waals surface area contributed by atoms with Crippen molar-refractivity contribution in [2.24, 2.45) is 5.73 Å². The molecule has 0 aliphatic heterocycles. The second-order valence-electron chi connectivity index (χ2n) is 5.40. The number of anilines is 1. The van der Waals surface area contributed by atoms with Gasteiger partial charge in [-0.15, -0.1) is 0 Å². The standard InChI is InChI=1S/C18H21N5O/c19-9-10-20-11-12-21-17-13-5-1-3-7-15(13)22-18(23-17)14-6-2-4-8-16(14)24/h1-8,20,24H,9-12,19H2,(H,21,22,23). The van der Waals surface area contributed by atoms with Crippen LogP contribution in [0.5, 0.6) is 5.75 Å². The molecule has 5 N–H and O–H groups in total. The van der Waals surface area contributed by atoms with Crippen LogP contribution in [0.4, 0.5) is 5.82 Å². The van der Waals surface area contributed by atoms with E-state index in [-0.39, 0.29) is 5.75 Å². The predicted molar refractivity (Wildman–Crippen MR) is 97.1 cm³/mol. The quantitative estimate of drug-likeness (QED) is 0.496. The van der Waals surface area contributed by atoms with Crippen LogP contribution in [0.1, 0.15) is 0 Å². The van der Waals surface area contributed by atoms with Gasteiger partial charge in [0.05, 0.1) is 11.1 Å². The Morgan fingerprint density at radius 2 is 1.71 bits per heavy atom. The third-order valence-corrected chi connectivity index (χ3v) is 3.66. The Balaban J connectivity index is 1.93. The molecule has 6 heteroatoms. The van der Waals surface area contributed by atoms with Crippen LogP contribution in [0, 0.1) is 0 Å². The average molecular weight is 323 g/mol. The summed E-state index contributed by atoms with van der Waals surface area (Å²) in [6, 6.07) is 14.9. The van der Waals surface area contributed by atoms with Crippen molar-refractivity contribution in [1.82, 2.24) is 15.3 Å². The van der Waals surface area contributed by atoms with E-state index in [0.29, 0.717) is 17.9 Å². The van der Waals surface area contributed by atoms with E-state index >= 15 is 0 Å². The normalized spacial score (nSPS) is 10.9. The molecule has 0 spiro atoms. The summed E-state index contributed by atoms with van der Waals surface area (Å²) in [5.41, 5.74) is 6.92. The van der Waals surface area contributed by atoms with Gasteiger partial charge in [-0.1, -0.05) is 24.3 Å². The molecule has 0 unspecified atom stereocenters. The van der Waals surface area contributed by atoms with Crippen LogP contribution in [-0.4, -0.2) is 41.3 Å². The van der Waals surface area contributed by atoms with E-state index in [2.05, 4.69) is 20.6 Å². The smallest absolute Gasteiger partial charge is 0.165 e. The average Bonchev–Trinajstić information content (AvgIpc) is 2.61. The maximum Gasteiger partial charge on any atom is 0.165 e. The first-order valence-electron chi connectivity index (χ1n) is 7.99. The van der Waals surface area contributed by atoms with Crippen molar-refractivity contribution >= 4 is 16.7 Å². The number of aromatic nitrogens is 2. The van der Waals surface area contributed by atoms with Gasteiger partial charge in [0.1, 0.15) is 11.6 Å². The molecule has 0 fully saturated rings. The number of hydrogen-bond donors (Lipinski definition) is 4. The Morgan fingerprint density at radius 1 is 0.917 bits per heavy atom. The van der Waals surface area contributed by atoms with Gasteiger partial charge in [0.15, 0.2) is 5.82 Å². The van der Waals surface area contributed by atoms with Gasteiger partial charge in [0, 0.05) is 31.6 Å². The van der Waals surface area contributed by atoms with E-state index in [0.717, 1.165) is 36.4 Å². The molecule has 3 aromatic rings. The minimum atomic E-state index is 0.170. The summed E-state index contributed by atoms with van der Waals surface area (Å²) in [7, 11) is 0. The van der Waals surface area contributed by atoms with Crippen molar-refractivity contribution in [2.75, 3.05) is 31.5 Å². The van der Waals surface area contributed by atoms with Gasteiger partial charge >= 0.3 is 0 Å². The van der Waals surface area contributed by atoms with Crippen molar-refractivity contribution in [3.8, 4) is 17.1 Å². The highest BCUT2D eigenvalue weighted by molar-refractivity contribution is 5.90. The number of hydrogen-bond acceptors (Lipinski definition) is 6. The predicted octanol–water partition coefficient (Wildman–Crippen LogP) is 1.96. The Morgan fingerprint density at radius 3 is 2.54 bits per heavy atom. The molecule has 0 saturated carbocycles. The van der Waals surface area contributed by atoms with Crippen molar-refractivity contribution in [2.45, 2.75) is 0 Å². The summed E-state index contributed by atoms with van der Waals surface area (Å²) in [5, 5.41) is 17.6. The molecule has 0 bridgehead atoms. The molecule has 0 atom stereocenters. The number of nitrogens with two attached hydrogens (primary N) is 1. The Kier molecular flexibility index (Phi) is 5.20. The molecule has 2 aromatic carbocycles. The maximum atomic E-state index is 10.1. The van der Waals surface area contributed by atoms with Crippen LogP contribution in [0.2, 0.25) is 0 Å². The minimum Gasteiger partial charge on any atom is -0.507 e. The van der Waals surface area contributed by atoms with Gasteiger partial charge in [0.2, 0.25) is 0 Å². The molecular formula is C18H21N5O. The van der Waals surface area contributed by atoms with Gasteiger partial charge in [-0.3, -0.25) is 0 Å². The third-order valence-electron chi connectivity index (χ3n) is 3.66. The zero-order valence-electron chi connectivity index (χ0n) is 13.4. The van der Waals surface area contributed by atoms with Crippen molar-refractivity contribution in [3.05, 3.63) is 48.5 Å². The Labute approximate surface area is 140 Å². The van der Waals surface area contributed by atoms with E-state index in [9.17, 15) is 5.11 Å². The number of benzene rings is 2. The second kappa shape index (κ2) is 7.72. The van der Waals surface area contributed by atoms with Crippen LogP contribution in [0.3, 0.4) is 0 Å². The maximum absolute atomic E-state index is 10.1. The third kappa shape index (κ3) is 3.61. The van der Waals surface area contributed by atoms with Gasteiger partial charge < -0.3 is 21.5 Å². The minimum absolute atomic E-state index is 0.170. The lowest BCUT2D eigenvalue weighted by atomic mass is 10.1. The molecule has 0 radical (unpaired) electrons. The lowest BCUT2D eigenvalue weighted by molar-refractivity contribution is 0.477. The van der Waals surface area contributed by atoms with Crippen LogP contribution in [-0.2, 0) is 0 Å². The summed E-state index contributed by atoms with van der Waals surface area (Å²) in [6.07, 6.45) is 0. The van der Waals surface area contributed by atoms with Crippen LogP contribution < -0.4 is 16.4 Å². The summed E-state index contributed by atoms with van der Waals surface area (Å²) in [4.78, 5) is 9.20. The number of aromatic hydroxyl groups is 1. The molecule has 0 amide bonds. The van der Waals surface area contributed by atoms with E-state index in [1.807, 2.05) is 36.4 Å². The van der Waals surface area contributed by atoms with Crippen LogP contribution >= 0.6 is 0 Å². The van der Waals surface area contributed by atoms with E-state index < -0.39 is 0 Å². The first-order valence-corrected chi connectivity index (χ1v) is 7.99. The largest absolute Gasteiger partial charge is 0.507 e. The summed E-state index contributed by atoms with van der Waals surface area (Å²) in [5.74, 6) is 1.43. The van der Waals surface area contributed by atoms with Crippen molar-refractivity contribution in [1.29, 1.82) is 0 Å². The number of para-hydroxylation sites is 2. The summed E-state index contributed by atoms with van der Waals surface area (Å²) >= 11 is 0. The zero-order chi connectivity index (χ0) is 16.8. The lowest BCUT2D eigenvalue weighted by Crippen LogP contribution is -2.27. The lowest BCUT2D eigenvalue weighted by Gasteiger charge is -2.12. The molecule has 0 aliphatic rings. The molecular weight excluding hydrogens is 302 g/mol. The zero-order valence-corrected chi connectivity index (χ0v) is 13.4. The highest BCUT2D eigenvalue weighted by Gasteiger charge is 2.11. The molecule has 0 aliphatic carbocycles. The molecule has 1 aromatic heterocycles. The SMILES string of the molecule is NCCNCCNc1nc(-c2ccccc2O)nc2ccccc12. The summed E-state index contributed by atoms with van der Waals surface area (Å²) in [6.45, 7) is 2.92. The van der Waals surface area contributed by atoms with Gasteiger partial charge in [-0.25, -0.2) is 9.97 Å². The Bertz CT molecular complexity index is 821. The van der Waals surface area contributed by atoms with E-state index in [4.69, 9.17) is 5.73 Å². The van der Waals surface area contributed by atoms with Gasteiger partial charge in [0.25, 0.3) is 0 Å². The topological polar surface area (TPSA) is 96.1 Å². The number of phenolic OH excluding ortho intramolecular Hbond substituents is 1. The second-order valence-corrected chi connectivity index (χ2v) is 5.40. The van der Waals surface area contributed by atoms with Crippen molar-refractivity contribution in [3.63, 3.8) is 0 Å². The van der Waals surface area contributed by atoms with Gasteiger partial charge in [-0.05, 0) is 24.3 Å². The highest BCUT2D eigenvalue weighted by atomic mass is 16.3. The van der Waals surface area contributed by atoms with Crippen LogP contribution in [0.15, 0.2) is 48.5 Å². The number of nitrogens with one attached hydrogen (secondary N) is 2. The number of fused-ring (bicyclic) bond motifs is 1. The number of phenols is 1. The molecule has 6 nitrogen and oxygen atoms in total. The first kappa shape index (κ1) is 16.2. The highest BCUT2D eigenvalue weighted by Crippen LogP contribution is 2.29. The molecule has 3 rings (SSSR count). The fraction of sp³-hybridized carbons (Fsp3) is 0.222. The van der Waals surface area contributed by atoms with Gasteiger partial charge in [-0.2, -0.15) is 0 Å².